The van der Waals surface area contributed by atoms with Crippen LogP contribution < -0.4 is 19.1 Å². The molecule has 12 heteroatoms. The molecule has 4 aliphatic rings. The summed E-state index contributed by atoms with van der Waals surface area (Å²) in [6.07, 6.45) is 3.04. The number of para-hydroxylation sites is 1. The maximum atomic E-state index is 15.1. The normalized spacial score (nSPS) is 24.7. The molecule has 11 nitrogen and oxygen atoms in total. The van der Waals surface area contributed by atoms with Crippen molar-refractivity contribution in [3.8, 4) is 23.3 Å². The minimum absolute atomic E-state index is 0.0600. The number of aromatic nitrogens is 2. The van der Waals surface area contributed by atoms with Crippen LogP contribution in [0.15, 0.2) is 48.5 Å². The van der Waals surface area contributed by atoms with E-state index < -0.39 is 17.6 Å². The number of fused-ring (bicyclic) bond motifs is 3. The maximum absolute atomic E-state index is 15.1. The molecule has 0 radical (unpaired) electrons. The number of piperazine rings is 1. The molecule has 4 aromatic rings. The number of methoxy groups -OCH3 is 1. The summed E-state index contributed by atoms with van der Waals surface area (Å²) in [5, 5.41) is 18.9. The highest BCUT2D eigenvalue weighted by Crippen LogP contribution is 2.51. The summed E-state index contributed by atoms with van der Waals surface area (Å²) < 4.78 is 41.2. The number of rotatable bonds is 8. The molecule has 0 amide bonds. The van der Waals surface area contributed by atoms with E-state index in [0.717, 1.165) is 56.0 Å². The van der Waals surface area contributed by atoms with Gasteiger partial charge in [-0.1, -0.05) is 6.07 Å². The van der Waals surface area contributed by atoms with Crippen molar-refractivity contribution in [2.24, 2.45) is 0 Å². The van der Waals surface area contributed by atoms with E-state index in [2.05, 4.69) is 14.4 Å². The molecule has 1 saturated carbocycles. The molecule has 0 bridgehead atoms. The molecule has 4 heterocycles. The van der Waals surface area contributed by atoms with Crippen LogP contribution in [0.5, 0.6) is 17.2 Å². The molecule has 3 fully saturated rings. The van der Waals surface area contributed by atoms with Gasteiger partial charge >= 0.3 is 5.97 Å². The first-order chi connectivity index (χ1) is 22.8. The van der Waals surface area contributed by atoms with Crippen LogP contribution in [-0.2, 0) is 23.6 Å². The van der Waals surface area contributed by atoms with Gasteiger partial charge < -0.3 is 33.5 Å². The molecule has 242 valence electrons. The number of benzene rings is 3. The van der Waals surface area contributed by atoms with E-state index in [9.17, 15) is 15.2 Å². The van der Waals surface area contributed by atoms with Crippen molar-refractivity contribution in [3.05, 3.63) is 76.9 Å². The van der Waals surface area contributed by atoms with Crippen molar-refractivity contribution in [2.45, 2.75) is 63.3 Å². The van der Waals surface area contributed by atoms with Crippen molar-refractivity contribution < 1.29 is 33.2 Å². The average molecular weight is 640 g/mol. The fraction of sp³-hybridized carbons (Fsp3) is 0.400. The highest BCUT2D eigenvalue weighted by molar-refractivity contribution is 5.95. The summed E-state index contributed by atoms with van der Waals surface area (Å²) in [6, 6.07) is 15.8. The van der Waals surface area contributed by atoms with Gasteiger partial charge in [-0.25, -0.2) is 14.2 Å². The topological polar surface area (TPSA) is 122 Å². The quantitative estimate of drug-likeness (QED) is 0.281. The summed E-state index contributed by atoms with van der Waals surface area (Å²) in [4.78, 5) is 21.8. The third-order valence-electron chi connectivity index (χ3n) is 10.0. The second kappa shape index (κ2) is 11.1. The van der Waals surface area contributed by atoms with Gasteiger partial charge in [-0.3, -0.25) is 4.90 Å². The van der Waals surface area contributed by atoms with Gasteiger partial charge in [-0.15, -0.1) is 0 Å². The van der Waals surface area contributed by atoms with Gasteiger partial charge in [0.05, 0.1) is 60.3 Å². The Balaban J connectivity index is 1.06. The molecule has 0 unspecified atom stereocenters. The molecule has 47 heavy (non-hydrogen) atoms. The number of anilines is 1. The van der Waals surface area contributed by atoms with Gasteiger partial charge in [0, 0.05) is 38.7 Å². The van der Waals surface area contributed by atoms with Crippen LogP contribution in [-0.4, -0.2) is 70.5 Å². The molecular weight excluding hydrogens is 605 g/mol. The summed E-state index contributed by atoms with van der Waals surface area (Å²) in [5.41, 5.74) is 2.91. The Morgan fingerprint density at radius 3 is 2.66 bits per heavy atom. The Kier molecular flexibility index (Phi) is 7.00. The monoisotopic (exact) mass is 639 g/mol. The molecule has 3 aromatic carbocycles. The molecule has 4 atom stereocenters. The lowest BCUT2D eigenvalue weighted by Gasteiger charge is -2.54. The lowest BCUT2D eigenvalue weighted by Crippen LogP contribution is -2.64. The highest BCUT2D eigenvalue weighted by atomic mass is 19.1. The van der Waals surface area contributed by atoms with E-state index in [1.165, 1.54) is 19.2 Å². The number of carboxylic acid groups (broad SMARTS) is 1. The SMILES string of the molecule is COc1cc(C(=O)O)cc2c1nc(CN1CCN(c3cccc4c3O[C@@](C)(c3ccc(C#N)cc3F)O4)[C@@H]3CC[C@H]31)n2C[C@@H]1CCO1. The third-order valence-corrected chi connectivity index (χ3v) is 10.0. The zero-order valence-electron chi connectivity index (χ0n) is 26.1. The van der Waals surface area contributed by atoms with Crippen molar-refractivity contribution in [2.75, 3.05) is 31.7 Å². The number of aromatic carboxylic acids is 1. The third kappa shape index (κ3) is 4.84. The number of carboxylic acids is 1. The van der Waals surface area contributed by atoms with Crippen LogP contribution in [0.3, 0.4) is 0 Å². The number of carbonyl (C=O) groups is 1. The minimum atomic E-state index is -1.37. The average Bonchev–Trinajstić information content (AvgIpc) is 3.55. The van der Waals surface area contributed by atoms with E-state index in [4.69, 9.17) is 23.9 Å². The largest absolute Gasteiger partial charge is 0.494 e. The maximum Gasteiger partial charge on any atom is 0.335 e. The highest BCUT2D eigenvalue weighted by Gasteiger charge is 2.47. The Morgan fingerprint density at radius 2 is 1.98 bits per heavy atom. The zero-order valence-corrected chi connectivity index (χ0v) is 26.1. The molecule has 0 spiro atoms. The second-order valence-corrected chi connectivity index (χ2v) is 12.7. The van der Waals surface area contributed by atoms with Crippen molar-refractivity contribution in [1.29, 1.82) is 5.26 Å². The summed E-state index contributed by atoms with van der Waals surface area (Å²) in [6.45, 7) is 5.12. The van der Waals surface area contributed by atoms with Crippen LogP contribution in [0.25, 0.3) is 11.0 Å². The fourth-order valence-corrected chi connectivity index (χ4v) is 7.38. The molecular formula is C35H34FN5O6. The van der Waals surface area contributed by atoms with E-state index in [0.29, 0.717) is 35.9 Å². The van der Waals surface area contributed by atoms with E-state index in [1.807, 2.05) is 24.3 Å². The predicted octanol–water partition coefficient (Wildman–Crippen LogP) is 5.04. The van der Waals surface area contributed by atoms with Crippen LogP contribution in [0.2, 0.25) is 0 Å². The Hall–Kier alpha value is -4.86. The van der Waals surface area contributed by atoms with Crippen molar-refractivity contribution in [1.82, 2.24) is 14.5 Å². The number of imidazole rings is 1. The number of nitriles is 1. The molecule has 8 rings (SSSR count). The van der Waals surface area contributed by atoms with Gasteiger partial charge in [0.2, 0.25) is 0 Å². The van der Waals surface area contributed by atoms with Crippen LogP contribution in [0.4, 0.5) is 10.1 Å². The number of hydrogen-bond acceptors (Lipinski definition) is 9. The lowest BCUT2D eigenvalue weighted by molar-refractivity contribution is -0.0706. The van der Waals surface area contributed by atoms with Crippen LogP contribution >= 0.6 is 0 Å². The first kappa shape index (κ1) is 29.5. The van der Waals surface area contributed by atoms with Gasteiger partial charge in [0.1, 0.15) is 22.9 Å². The first-order valence-electron chi connectivity index (χ1n) is 15.9. The Bertz CT molecular complexity index is 1950. The molecule has 1 aliphatic carbocycles. The summed E-state index contributed by atoms with van der Waals surface area (Å²) >= 11 is 0. The minimum Gasteiger partial charge on any atom is -0.494 e. The Labute approximate surface area is 270 Å². The molecule has 2 saturated heterocycles. The first-order valence-corrected chi connectivity index (χ1v) is 15.9. The van der Waals surface area contributed by atoms with E-state index in [1.54, 1.807) is 25.1 Å². The van der Waals surface area contributed by atoms with Gasteiger partial charge in [0.25, 0.3) is 5.79 Å². The molecule has 3 aliphatic heterocycles. The number of hydrogen-bond donors (Lipinski definition) is 1. The van der Waals surface area contributed by atoms with Crippen molar-refractivity contribution in [3.63, 3.8) is 0 Å². The smallest absolute Gasteiger partial charge is 0.335 e. The van der Waals surface area contributed by atoms with Crippen molar-refractivity contribution >= 4 is 22.7 Å². The lowest BCUT2D eigenvalue weighted by atomic mass is 9.81. The fourth-order valence-electron chi connectivity index (χ4n) is 7.38. The molecule has 1 aromatic heterocycles. The second-order valence-electron chi connectivity index (χ2n) is 12.7. The van der Waals surface area contributed by atoms with Gasteiger partial charge in [0.15, 0.2) is 11.5 Å². The number of halogens is 1. The predicted molar refractivity (Wildman–Crippen MR) is 168 cm³/mol. The zero-order chi connectivity index (χ0) is 32.4. The van der Waals surface area contributed by atoms with Crippen LogP contribution in [0, 0.1) is 17.1 Å². The molecule has 1 N–H and O–H groups in total. The van der Waals surface area contributed by atoms with Gasteiger partial charge in [-0.05, 0) is 61.7 Å². The number of nitrogens with zero attached hydrogens (tertiary/aromatic N) is 5. The summed E-state index contributed by atoms with van der Waals surface area (Å²) in [5.74, 6) is -0.517. The number of ether oxygens (including phenoxy) is 4. The van der Waals surface area contributed by atoms with Crippen LogP contribution in [0.1, 0.15) is 53.5 Å². The van der Waals surface area contributed by atoms with E-state index >= 15 is 4.39 Å². The van der Waals surface area contributed by atoms with Gasteiger partial charge in [-0.2, -0.15) is 5.26 Å². The Morgan fingerprint density at radius 1 is 1.15 bits per heavy atom. The standard InChI is InChI=1S/C35H34FN5O6/c1-35(23-7-6-20(17-37)14-24(23)36)46-29-5-3-4-27(33(29)47-35)40-12-11-39(25-8-9-26(25)40)19-31-38-32-28(41(31)18-22-10-13-45-22)15-21(34(42)43)16-30(32)44-2/h3-7,14-16,22,25-26H,8-13,18-19H2,1-2H3,(H,42,43)/t22-,25+,26+,35-/m0/s1. The van der Waals surface area contributed by atoms with E-state index in [-0.39, 0.29) is 34.9 Å². The summed E-state index contributed by atoms with van der Waals surface area (Å²) in [7, 11) is 1.53.